The second kappa shape index (κ2) is 5.78. The molecule has 1 unspecified atom stereocenters. The molecule has 0 aliphatic carbocycles. The Kier molecular flexibility index (Phi) is 4.27. The number of aromatic nitrogens is 2. The zero-order chi connectivity index (χ0) is 14.8. The van der Waals surface area contributed by atoms with Gasteiger partial charge in [0.15, 0.2) is 0 Å². The van der Waals surface area contributed by atoms with Crippen molar-refractivity contribution in [2.75, 3.05) is 25.0 Å². The van der Waals surface area contributed by atoms with Gasteiger partial charge < -0.3 is 10.6 Å². The number of anilines is 1. The summed E-state index contributed by atoms with van der Waals surface area (Å²) in [6, 6.07) is 0. The van der Waals surface area contributed by atoms with E-state index in [0.29, 0.717) is 24.5 Å². The molecule has 7 nitrogen and oxygen atoms in total. The van der Waals surface area contributed by atoms with Crippen molar-refractivity contribution in [3.8, 4) is 0 Å². The van der Waals surface area contributed by atoms with E-state index in [1.165, 1.54) is 0 Å². The molecule has 1 aliphatic rings. The number of piperidine rings is 1. The van der Waals surface area contributed by atoms with Crippen LogP contribution in [-0.4, -0.2) is 34.3 Å². The van der Waals surface area contributed by atoms with Crippen molar-refractivity contribution in [1.29, 1.82) is 0 Å². The molecule has 1 atom stereocenters. The van der Waals surface area contributed by atoms with Gasteiger partial charge in [0.1, 0.15) is 5.69 Å². The average molecular weight is 281 g/mol. The smallest absolute Gasteiger partial charge is 0.333 e. The zero-order valence-electron chi connectivity index (χ0n) is 12.4. The molecule has 1 aromatic heterocycles. The second-order valence-corrected chi connectivity index (χ2v) is 5.82. The summed E-state index contributed by atoms with van der Waals surface area (Å²) in [6.07, 6.45) is 2.83. The topological polar surface area (TPSA) is 85.0 Å². The third-order valence-electron chi connectivity index (χ3n) is 3.98. The van der Waals surface area contributed by atoms with Gasteiger partial charge in [-0.15, -0.1) is 0 Å². The summed E-state index contributed by atoms with van der Waals surface area (Å²) in [6.45, 7) is 6.79. The van der Waals surface area contributed by atoms with Gasteiger partial charge in [-0.05, 0) is 31.2 Å². The molecule has 1 aromatic rings. The van der Waals surface area contributed by atoms with Gasteiger partial charge in [-0.25, -0.2) is 4.68 Å². The summed E-state index contributed by atoms with van der Waals surface area (Å²) in [5.74, 6) is 0.513. The number of hydrogen-bond acceptors (Lipinski definition) is 5. The molecular formula is C13H23N5O2. The van der Waals surface area contributed by atoms with Gasteiger partial charge in [0.2, 0.25) is 5.82 Å². The molecule has 0 bridgehead atoms. The predicted octanol–water partition coefficient (Wildman–Crippen LogP) is 1.69. The van der Waals surface area contributed by atoms with E-state index in [4.69, 9.17) is 0 Å². The maximum atomic E-state index is 11.2. The minimum Gasteiger partial charge on any atom is -0.364 e. The summed E-state index contributed by atoms with van der Waals surface area (Å²) >= 11 is 0. The molecule has 0 spiro atoms. The van der Waals surface area contributed by atoms with Crippen LogP contribution in [0.5, 0.6) is 0 Å². The van der Waals surface area contributed by atoms with Crippen molar-refractivity contribution in [1.82, 2.24) is 15.1 Å². The first-order chi connectivity index (χ1) is 9.47. The largest absolute Gasteiger partial charge is 0.364 e. The van der Waals surface area contributed by atoms with Gasteiger partial charge in [0, 0.05) is 20.1 Å². The molecule has 0 aromatic carbocycles. The fourth-order valence-corrected chi connectivity index (χ4v) is 2.76. The molecule has 1 saturated heterocycles. The Morgan fingerprint density at radius 3 is 2.90 bits per heavy atom. The van der Waals surface area contributed by atoms with Crippen LogP contribution in [-0.2, 0) is 13.5 Å². The first kappa shape index (κ1) is 14.8. The molecule has 1 aliphatic heterocycles. The lowest BCUT2D eigenvalue weighted by Crippen LogP contribution is -2.42. The van der Waals surface area contributed by atoms with E-state index < -0.39 is 0 Å². The van der Waals surface area contributed by atoms with Crippen LogP contribution in [0.2, 0.25) is 0 Å². The average Bonchev–Trinajstić information content (AvgIpc) is 2.74. The fraction of sp³-hybridized carbons (Fsp3) is 0.769. The Morgan fingerprint density at radius 2 is 2.35 bits per heavy atom. The van der Waals surface area contributed by atoms with E-state index in [1.807, 2.05) is 6.92 Å². The number of nitrogens with zero attached hydrogens (tertiary/aromatic N) is 3. The van der Waals surface area contributed by atoms with Crippen LogP contribution in [0.25, 0.3) is 0 Å². The van der Waals surface area contributed by atoms with Crippen molar-refractivity contribution in [2.45, 2.75) is 33.1 Å². The molecule has 2 N–H and O–H groups in total. The van der Waals surface area contributed by atoms with Gasteiger partial charge in [0.25, 0.3) is 0 Å². The molecule has 0 saturated carbocycles. The summed E-state index contributed by atoms with van der Waals surface area (Å²) in [7, 11) is 1.75. The number of nitrogens with one attached hydrogen (secondary N) is 2. The van der Waals surface area contributed by atoms with Crippen molar-refractivity contribution in [2.24, 2.45) is 12.5 Å². The highest BCUT2D eigenvalue weighted by molar-refractivity contribution is 5.59. The van der Waals surface area contributed by atoms with Crippen molar-refractivity contribution in [3.05, 3.63) is 15.8 Å². The Morgan fingerprint density at radius 1 is 1.60 bits per heavy atom. The summed E-state index contributed by atoms with van der Waals surface area (Å²) in [5.41, 5.74) is 0.775. The SMILES string of the molecule is CCc1nn(C)c(NCC2(C)CCCNC2)c1[N+](=O)[O-]. The van der Waals surface area contributed by atoms with E-state index in [2.05, 4.69) is 22.7 Å². The van der Waals surface area contributed by atoms with E-state index in [-0.39, 0.29) is 16.0 Å². The molecule has 20 heavy (non-hydrogen) atoms. The summed E-state index contributed by atoms with van der Waals surface area (Å²) < 4.78 is 1.58. The van der Waals surface area contributed by atoms with Gasteiger partial charge in [-0.2, -0.15) is 5.10 Å². The van der Waals surface area contributed by atoms with Crippen LogP contribution in [0.4, 0.5) is 11.5 Å². The molecule has 2 heterocycles. The third kappa shape index (κ3) is 2.92. The quantitative estimate of drug-likeness (QED) is 0.633. The standard InChI is InChI=1S/C13H23N5O2/c1-4-10-11(18(19)20)12(17(3)16-10)15-9-13(2)6-5-7-14-8-13/h14-15H,4-9H2,1-3H3. The van der Waals surface area contributed by atoms with Crippen LogP contribution in [0.1, 0.15) is 32.4 Å². The van der Waals surface area contributed by atoms with Gasteiger partial charge in [-0.1, -0.05) is 13.8 Å². The van der Waals surface area contributed by atoms with Crippen LogP contribution in [0.15, 0.2) is 0 Å². The fourth-order valence-electron chi connectivity index (χ4n) is 2.76. The van der Waals surface area contributed by atoms with E-state index in [9.17, 15) is 10.1 Å². The van der Waals surface area contributed by atoms with Gasteiger partial charge in [-0.3, -0.25) is 10.1 Å². The number of aryl methyl sites for hydroxylation is 2. The molecule has 1 fully saturated rings. The third-order valence-corrected chi connectivity index (χ3v) is 3.98. The number of rotatable bonds is 5. The highest BCUT2D eigenvalue weighted by Gasteiger charge is 2.30. The lowest BCUT2D eigenvalue weighted by Gasteiger charge is -2.34. The molecule has 7 heteroatoms. The van der Waals surface area contributed by atoms with Crippen LogP contribution in [0.3, 0.4) is 0 Å². The maximum absolute atomic E-state index is 11.2. The predicted molar refractivity (Wildman–Crippen MR) is 77.9 cm³/mol. The minimum absolute atomic E-state index is 0.113. The Labute approximate surface area is 118 Å². The highest BCUT2D eigenvalue weighted by Crippen LogP contribution is 2.31. The van der Waals surface area contributed by atoms with Crippen molar-refractivity contribution in [3.63, 3.8) is 0 Å². The van der Waals surface area contributed by atoms with Crippen molar-refractivity contribution >= 4 is 11.5 Å². The van der Waals surface area contributed by atoms with Crippen LogP contribution in [0, 0.1) is 15.5 Å². The van der Waals surface area contributed by atoms with E-state index in [0.717, 1.165) is 25.9 Å². The molecule has 0 amide bonds. The summed E-state index contributed by atoms with van der Waals surface area (Å²) in [4.78, 5) is 10.9. The highest BCUT2D eigenvalue weighted by atomic mass is 16.6. The Balaban J connectivity index is 2.16. The number of nitro groups is 1. The molecular weight excluding hydrogens is 258 g/mol. The molecule has 2 rings (SSSR count). The van der Waals surface area contributed by atoms with Crippen LogP contribution >= 0.6 is 0 Å². The van der Waals surface area contributed by atoms with E-state index >= 15 is 0 Å². The Hall–Kier alpha value is -1.63. The first-order valence-electron chi connectivity index (χ1n) is 7.12. The Bertz CT molecular complexity index is 491. The normalized spacial score (nSPS) is 22.8. The zero-order valence-corrected chi connectivity index (χ0v) is 12.4. The molecule has 0 radical (unpaired) electrons. The number of hydrogen-bond donors (Lipinski definition) is 2. The minimum atomic E-state index is -0.338. The van der Waals surface area contributed by atoms with Crippen LogP contribution < -0.4 is 10.6 Å². The monoisotopic (exact) mass is 281 g/mol. The second-order valence-electron chi connectivity index (χ2n) is 5.82. The lowest BCUT2D eigenvalue weighted by molar-refractivity contribution is -0.384. The summed E-state index contributed by atoms with van der Waals surface area (Å²) in [5, 5.41) is 22.1. The molecule has 112 valence electrons. The van der Waals surface area contributed by atoms with Gasteiger partial charge in [0.05, 0.1) is 4.92 Å². The van der Waals surface area contributed by atoms with Gasteiger partial charge >= 0.3 is 5.69 Å². The van der Waals surface area contributed by atoms with E-state index in [1.54, 1.807) is 11.7 Å². The lowest BCUT2D eigenvalue weighted by atomic mass is 9.83. The first-order valence-corrected chi connectivity index (χ1v) is 7.12. The van der Waals surface area contributed by atoms with Crippen molar-refractivity contribution < 1.29 is 4.92 Å². The maximum Gasteiger partial charge on any atom is 0.333 e.